The third kappa shape index (κ3) is 11.5. The van der Waals surface area contributed by atoms with E-state index in [0.29, 0.717) is 93.3 Å². The second-order valence-electron chi connectivity index (χ2n) is 19.6. The van der Waals surface area contributed by atoms with Crippen LogP contribution in [0.15, 0.2) is 96.0 Å². The Bertz CT molecular complexity index is 2810. The van der Waals surface area contributed by atoms with Crippen molar-refractivity contribution in [3.8, 4) is 17.2 Å². The van der Waals surface area contributed by atoms with E-state index in [0.717, 1.165) is 53.6 Å². The molecule has 0 radical (unpaired) electrons. The fourth-order valence-corrected chi connectivity index (χ4v) is 10.6. The minimum absolute atomic E-state index is 0.0249. The van der Waals surface area contributed by atoms with Crippen molar-refractivity contribution in [2.45, 2.75) is 89.6 Å². The van der Waals surface area contributed by atoms with E-state index >= 15 is 0 Å². The Morgan fingerprint density at radius 1 is 0.718 bits per heavy atom. The number of nitrogens with zero attached hydrogens (tertiary/aromatic N) is 4. The maximum Gasteiger partial charge on any atom is 0.256 e. The van der Waals surface area contributed by atoms with Gasteiger partial charge in [-0.05, 0) is 134 Å². The summed E-state index contributed by atoms with van der Waals surface area (Å²) in [6, 6.07) is 30.9. The number of carbonyl (C=O) groups is 2. The summed E-state index contributed by atoms with van der Waals surface area (Å²) < 4.78 is 36.0. The number of fused-ring (bicyclic) bond motifs is 6. The zero-order valence-corrected chi connectivity index (χ0v) is 43.5. The van der Waals surface area contributed by atoms with Gasteiger partial charge < -0.3 is 43.1 Å². The molecule has 4 aliphatic rings. The molecule has 9 rings (SSSR count). The Labute approximate surface area is 425 Å². The first kappa shape index (κ1) is 50.3. The summed E-state index contributed by atoms with van der Waals surface area (Å²) in [5.41, 5.74) is 11.5. The van der Waals surface area contributed by atoms with Crippen LogP contribution in [0.4, 0.5) is 11.4 Å². The van der Waals surface area contributed by atoms with Crippen molar-refractivity contribution in [2.75, 3.05) is 71.5 Å². The summed E-state index contributed by atoms with van der Waals surface area (Å²) in [6.07, 6.45) is 7.22. The molecular formula is C57H66N4O8S2. The molecule has 374 valence electrons. The molecule has 0 bridgehead atoms. The van der Waals surface area contributed by atoms with Crippen LogP contribution in [0.3, 0.4) is 0 Å². The van der Waals surface area contributed by atoms with Crippen LogP contribution in [0.1, 0.15) is 85.5 Å². The Morgan fingerprint density at radius 3 is 2.04 bits per heavy atom. The van der Waals surface area contributed by atoms with Gasteiger partial charge >= 0.3 is 0 Å². The molecule has 0 aliphatic carbocycles. The van der Waals surface area contributed by atoms with Crippen molar-refractivity contribution in [2.24, 2.45) is 4.99 Å². The average Bonchev–Trinajstić information content (AvgIpc) is 3.58. The van der Waals surface area contributed by atoms with Gasteiger partial charge in [-0.2, -0.15) is 0 Å². The molecule has 0 aromatic heterocycles. The minimum atomic E-state index is -0.304. The fourth-order valence-electron chi connectivity index (χ4n) is 10.1. The van der Waals surface area contributed by atoms with Gasteiger partial charge in [-0.25, -0.2) is 0 Å². The maximum atomic E-state index is 14.2. The topological polar surface area (TPSA) is 112 Å². The SMILES string of the molecule is COCCOCCOCCN(CC(C)(C)S(C)=S)c1cc(COc2cc3c(cc2C)C(=O)N2Cc4ccccc4C[C@H]2C=N3)cc(COc2cc3c(cc2OC)C(=O)N2Cc4ccccc4C[C@H]2CC3)c1. The van der Waals surface area contributed by atoms with Crippen molar-refractivity contribution in [1.82, 2.24) is 9.80 Å². The molecule has 5 aromatic rings. The summed E-state index contributed by atoms with van der Waals surface area (Å²) in [5.74, 6) is 1.76. The molecule has 0 N–H and O–H groups in total. The lowest BCUT2D eigenvalue weighted by Crippen LogP contribution is -2.44. The van der Waals surface area contributed by atoms with Crippen LogP contribution < -0.4 is 19.1 Å². The summed E-state index contributed by atoms with van der Waals surface area (Å²) in [4.78, 5) is 39.5. The summed E-state index contributed by atoms with van der Waals surface area (Å²) >= 11 is 5.91. The Hall–Kier alpha value is -5.64. The normalized spacial score (nSPS) is 17.4. The van der Waals surface area contributed by atoms with E-state index < -0.39 is 0 Å². The lowest BCUT2D eigenvalue weighted by atomic mass is 9.92. The van der Waals surface area contributed by atoms with Crippen molar-refractivity contribution >= 4 is 50.0 Å². The van der Waals surface area contributed by atoms with Gasteiger partial charge in [-0.1, -0.05) is 59.7 Å². The lowest BCUT2D eigenvalue weighted by molar-refractivity contribution is 0.0264. The van der Waals surface area contributed by atoms with Gasteiger partial charge in [-0.3, -0.25) is 14.6 Å². The largest absolute Gasteiger partial charge is 0.493 e. The third-order valence-electron chi connectivity index (χ3n) is 14.3. The highest BCUT2D eigenvalue weighted by Gasteiger charge is 2.36. The van der Waals surface area contributed by atoms with E-state index in [2.05, 4.69) is 79.6 Å². The third-order valence-corrected chi connectivity index (χ3v) is 17.3. The quantitative estimate of drug-likeness (QED) is 0.0702. The van der Waals surface area contributed by atoms with E-state index in [1.54, 1.807) is 14.2 Å². The number of hydrogen-bond donors (Lipinski definition) is 0. The molecule has 1 unspecified atom stereocenters. The number of aliphatic imine (C=N–C) groups is 1. The first-order valence-electron chi connectivity index (χ1n) is 24.7. The van der Waals surface area contributed by atoms with E-state index in [1.807, 2.05) is 59.3 Å². The van der Waals surface area contributed by atoms with E-state index in [4.69, 9.17) is 44.6 Å². The smallest absolute Gasteiger partial charge is 0.256 e. The fraction of sp³-hybridized carbons (Fsp3) is 0.421. The van der Waals surface area contributed by atoms with Crippen molar-refractivity contribution in [3.63, 3.8) is 0 Å². The first-order valence-corrected chi connectivity index (χ1v) is 27.2. The summed E-state index contributed by atoms with van der Waals surface area (Å²) in [7, 11) is 2.98. The van der Waals surface area contributed by atoms with Gasteiger partial charge in [-0.15, -0.1) is 9.45 Å². The van der Waals surface area contributed by atoms with E-state index in [1.165, 1.54) is 22.3 Å². The average molecular weight is 999 g/mol. The van der Waals surface area contributed by atoms with Crippen LogP contribution in [-0.2, 0) is 80.4 Å². The van der Waals surface area contributed by atoms with Gasteiger partial charge in [0, 0.05) is 67.6 Å². The second-order valence-corrected chi connectivity index (χ2v) is 23.1. The molecule has 14 heteroatoms. The highest BCUT2D eigenvalue weighted by molar-refractivity contribution is 8.29. The standard InChI is InChI=1S/C57H66N4O8S2/c1-38-23-50-51(58-32-48-28-42-12-8-10-14-45(42)34-61(48)56(50)63)31-52(38)68-35-39-24-40(26-47(25-39)59(37-57(2,3)71(6)70)17-18-66-21-22-67-20-19-64-4)36-69-54-29-43-15-16-46-27-41-11-7-9-13-44(41)33-60(46)55(62)49(43)30-53(54)65-5/h7-14,23-26,29-32,46,48H,15-22,27-28,33-37H2,1-6H3/t46-,48+,71?/m1/s1. The number of hydrogen-bond acceptors (Lipinski definition) is 11. The summed E-state index contributed by atoms with van der Waals surface area (Å²) in [6.45, 7) is 11.9. The maximum absolute atomic E-state index is 14.2. The molecule has 0 spiro atoms. The van der Waals surface area contributed by atoms with Crippen LogP contribution in [0.2, 0.25) is 0 Å². The summed E-state index contributed by atoms with van der Waals surface area (Å²) in [5, 5.41) is 0. The van der Waals surface area contributed by atoms with Crippen LogP contribution >= 0.6 is 0 Å². The second kappa shape index (κ2) is 22.4. The molecule has 4 heterocycles. The predicted octanol–water partition coefficient (Wildman–Crippen LogP) is 8.93. The molecule has 4 aliphatic heterocycles. The predicted molar refractivity (Wildman–Crippen MR) is 284 cm³/mol. The number of benzene rings is 5. The molecule has 12 nitrogen and oxygen atoms in total. The number of anilines is 1. The first-order chi connectivity index (χ1) is 34.4. The van der Waals surface area contributed by atoms with Gasteiger partial charge in [0.05, 0.1) is 57.4 Å². The van der Waals surface area contributed by atoms with Crippen LogP contribution in [-0.4, -0.2) is 111 Å². The number of amides is 2. The van der Waals surface area contributed by atoms with Gasteiger partial charge in [0.25, 0.3) is 11.8 Å². The van der Waals surface area contributed by atoms with Crippen LogP contribution in [0, 0.1) is 6.92 Å². The molecule has 5 aromatic carbocycles. The van der Waals surface area contributed by atoms with Gasteiger partial charge in [0.1, 0.15) is 19.0 Å². The number of methoxy groups -OCH3 is 2. The zero-order chi connectivity index (χ0) is 49.6. The molecular weight excluding hydrogens is 933 g/mol. The van der Waals surface area contributed by atoms with E-state index in [-0.39, 0.29) is 51.3 Å². The molecule has 0 fully saturated rings. The number of rotatable bonds is 20. The zero-order valence-electron chi connectivity index (χ0n) is 41.9. The lowest BCUT2D eigenvalue weighted by Gasteiger charge is -2.35. The highest BCUT2D eigenvalue weighted by atomic mass is 32.8. The highest BCUT2D eigenvalue weighted by Crippen LogP contribution is 2.39. The van der Waals surface area contributed by atoms with Crippen molar-refractivity contribution in [1.29, 1.82) is 0 Å². The molecule has 3 atom stereocenters. The van der Waals surface area contributed by atoms with Gasteiger partial charge in [0.15, 0.2) is 11.5 Å². The number of aryl methyl sites for hydroxylation is 2. The molecule has 0 saturated carbocycles. The molecule has 0 saturated heterocycles. The minimum Gasteiger partial charge on any atom is -0.493 e. The molecule has 2 amide bonds. The van der Waals surface area contributed by atoms with Crippen LogP contribution in [0.5, 0.6) is 17.2 Å². The van der Waals surface area contributed by atoms with Crippen molar-refractivity contribution in [3.05, 3.63) is 147 Å². The Morgan fingerprint density at radius 2 is 1.35 bits per heavy atom. The van der Waals surface area contributed by atoms with Crippen LogP contribution in [0.25, 0.3) is 0 Å². The Balaban J connectivity index is 0.985. The van der Waals surface area contributed by atoms with E-state index in [9.17, 15) is 9.59 Å². The number of ether oxygens (including phenoxy) is 6. The van der Waals surface area contributed by atoms with Gasteiger partial charge in [0.2, 0.25) is 0 Å². The Kier molecular flexibility index (Phi) is 15.9. The monoisotopic (exact) mass is 998 g/mol. The van der Waals surface area contributed by atoms with Crippen molar-refractivity contribution < 1.29 is 38.0 Å². The number of carbonyl (C=O) groups excluding carboxylic acids is 2. The molecule has 71 heavy (non-hydrogen) atoms.